The maximum Gasteiger partial charge on any atom is 0.223 e. The van der Waals surface area contributed by atoms with Crippen molar-refractivity contribution in [2.45, 2.75) is 32.2 Å². The summed E-state index contributed by atoms with van der Waals surface area (Å²) in [6.07, 6.45) is 3.61. The Balaban J connectivity index is 1.38. The monoisotopic (exact) mass is 397 g/mol. The lowest BCUT2D eigenvalue weighted by Crippen LogP contribution is -2.27. The summed E-state index contributed by atoms with van der Waals surface area (Å²) in [7, 11) is 0. The van der Waals surface area contributed by atoms with Gasteiger partial charge in [0.05, 0.1) is 22.7 Å². The van der Waals surface area contributed by atoms with Gasteiger partial charge in [0.1, 0.15) is 11.6 Å². The Morgan fingerprint density at radius 2 is 1.96 bits per heavy atom. The van der Waals surface area contributed by atoms with Gasteiger partial charge in [-0.3, -0.25) is 4.79 Å². The topological polar surface area (TPSA) is 56.2 Å². The SMILES string of the molecule is O=C(NCCc1nc2ccccc2n1CCCOc1ccccc1Cl)C1CC1. The van der Waals surface area contributed by atoms with Crippen LogP contribution >= 0.6 is 11.6 Å². The molecule has 1 aliphatic rings. The Hall–Kier alpha value is -2.53. The summed E-state index contributed by atoms with van der Waals surface area (Å²) in [6, 6.07) is 15.6. The Kier molecular flexibility index (Phi) is 5.81. The van der Waals surface area contributed by atoms with Crippen molar-refractivity contribution in [1.29, 1.82) is 0 Å². The minimum atomic E-state index is 0.177. The molecule has 0 bridgehead atoms. The van der Waals surface area contributed by atoms with Crippen molar-refractivity contribution in [3.8, 4) is 5.75 Å². The number of aryl methyl sites for hydroxylation is 1. The van der Waals surface area contributed by atoms with Gasteiger partial charge < -0.3 is 14.6 Å². The number of ether oxygens (including phenoxy) is 1. The van der Waals surface area contributed by atoms with Crippen LogP contribution in [0.3, 0.4) is 0 Å². The molecule has 2 aromatic carbocycles. The van der Waals surface area contributed by atoms with E-state index in [9.17, 15) is 4.79 Å². The van der Waals surface area contributed by atoms with Crippen LogP contribution in [0.5, 0.6) is 5.75 Å². The summed E-state index contributed by atoms with van der Waals surface area (Å²) in [5.74, 6) is 2.12. The Labute approximate surface area is 169 Å². The van der Waals surface area contributed by atoms with Crippen molar-refractivity contribution in [2.75, 3.05) is 13.2 Å². The molecule has 1 aromatic heterocycles. The van der Waals surface area contributed by atoms with Gasteiger partial charge in [-0.25, -0.2) is 4.98 Å². The molecule has 1 amide bonds. The molecule has 1 aliphatic carbocycles. The highest BCUT2D eigenvalue weighted by Crippen LogP contribution is 2.28. The highest BCUT2D eigenvalue weighted by molar-refractivity contribution is 6.32. The first-order chi connectivity index (χ1) is 13.7. The molecule has 5 nitrogen and oxygen atoms in total. The fraction of sp³-hybridized carbons (Fsp3) is 0.364. The second-order valence-corrected chi connectivity index (χ2v) is 7.52. The van der Waals surface area contributed by atoms with Gasteiger partial charge in [-0.2, -0.15) is 0 Å². The lowest BCUT2D eigenvalue weighted by Gasteiger charge is -2.11. The molecule has 0 aliphatic heterocycles. The third kappa shape index (κ3) is 4.47. The number of rotatable bonds is 9. The van der Waals surface area contributed by atoms with Crippen LogP contribution in [-0.2, 0) is 17.8 Å². The highest BCUT2D eigenvalue weighted by Gasteiger charge is 2.29. The smallest absolute Gasteiger partial charge is 0.223 e. The number of carbonyl (C=O) groups excluding carboxylic acids is 1. The first kappa shape index (κ1) is 18.8. The van der Waals surface area contributed by atoms with Crippen molar-refractivity contribution in [1.82, 2.24) is 14.9 Å². The standard InChI is InChI=1S/C22H24ClN3O2/c23-17-6-1-4-9-20(17)28-15-5-14-26-19-8-3-2-7-18(19)25-21(26)12-13-24-22(27)16-10-11-16/h1-4,6-9,16H,5,10-15H2,(H,24,27). The number of amides is 1. The van der Waals surface area contributed by atoms with E-state index in [2.05, 4.69) is 16.0 Å². The summed E-state index contributed by atoms with van der Waals surface area (Å²) >= 11 is 6.14. The lowest BCUT2D eigenvalue weighted by molar-refractivity contribution is -0.122. The summed E-state index contributed by atoms with van der Waals surface area (Å²) in [6.45, 7) is 2.00. The largest absolute Gasteiger partial charge is 0.492 e. The molecule has 1 saturated carbocycles. The number of halogens is 1. The second kappa shape index (κ2) is 8.65. The molecule has 0 atom stereocenters. The molecular formula is C22H24ClN3O2. The Bertz CT molecular complexity index is 965. The summed E-state index contributed by atoms with van der Waals surface area (Å²) in [5, 5.41) is 3.66. The molecule has 4 rings (SSSR count). The van der Waals surface area contributed by atoms with Crippen molar-refractivity contribution in [2.24, 2.45) is 5.92 Å². The van der Waals surface area contributed by atoms with Gasteiger partial charge in [0.2, 0.25) is 5.91 Å². The van der Waals surface area contributed by atoms with Crippen LogP contribution < -0.4 is 10.1 Å². The molecule has 1 N–H and O–H groups in total. The van der Waals surface area contributed by atoms with Gasteiger partial charge in [0.15, 0.2) is 0 Å². The average molecular weight is 398 g/mol. The van der Waals surface area contributed by atoms with E-state index in [-0.39, 0.29) is 11.8 Å². The average Bonchev–Trinajstić information content (AvgIpc) is 3.50. The minimum absolute atomic E-state index is 0.177. The third-order valence-electron chi connectivity index (χ3n) is 4.95. The summed E-state index contributed by atoms with van der Waals surface area (Å²) < 4.78 is 8.04. The molecule has 146 valence electrons. The molecule has 1 fully saturated rings. The fourth-order valence-corrected chi connectivity index (χ4v) is 3.51. The van der Waals surface area contributed by atoms with Crippen molar-refractivity contribution < 1.29 is 9.53 Å². The van der Waals surface area contributed by atoms with Crippen LogP contribution in [0, 0.1) is 5.92 Å². The number of para-hydroxylation sites is 3. The van der Waals surface area contributed by atoms with E-state index < -0.39 is 0 Å². The summed E-state index contributed by atoms with van der Waals surface area (Å²) in [5.41, 5.74) is 2.10. The van der Waals surface area contributed by atoms with E-state index in [1.165, 1.54) is 0 Å². The number of carbonyl (C=O) groups is 1. The van der Waals surface area contributed by atoms with Gasteiger partial charge in [0, 0.05) is 25.4 Å². The Morgan fingerprint density at radius 3 is 2.79 bits per heavy atom. The van der Waals surface area contributed by atoms with Gasteiger partial charge in [0.25, 0.3) is 0 Å². The number of nitrogens with one attached hydrogen (secondary N) is 1. The Morgan fingerprint density at radius 1 is 1.18 bits per heavy atom. The van der Waals surface area contributed by atoms with Crippen LogP contribution in [-0.4, -0.2) is 28.6 Å². The van der Waals surface area contributed by atoms with Gasteiger partial charge in [-0.05, 0) is 43.5 Å². The maximum absolute atomic E-state index is 11.9. The zero-order chi connectivity index (χ0) is 19.3. The first-order valence-corrected chi connectivity index (χ1v) is 10.2. The second-order valence-electron chi connectivity index (χ2n) is 7.12. The van der Waals surface area contributed by atoms with Gasteiger partial charge in [-0.15, -0.1) is 0 Å². The number of nitrogens with zero attached hydrogens (tertiary/aromatic N) is 2. The van der Waals surface area contributed by atoms with Crippen LogP contribution in [0.2, 0.25) is 5.02 Å². The molecule has 0 saturated heterocycles. The van der Waals surface area contributed by atoms with Crippen molar-refractivity contribution >= 4 is 28.5 Å². The quantitative estimate of drug-likeness (QED) is 0.550. The van der Waals surface area contributed by atoms with E-state index in [0.29, 0.717) is 23.9 Å². The number of benzene rings is 2. The van der Waals surface area contributed by atoms with Crippen LogP contribution in [0.15, 0.2) is 48.5 Å². The zero-order valence-electron chi connectivity index (χ0n) is 15.7. The molecule has 28 heavy (non-hydrogen) atoms. The van der Waals surface area contributed by atoms with Gasteiger partial charge >= 0.3 is 0 Å². The minimum Gasteiger partial charge on any atom is -0.492 e. The van der Waals surface area contributed by atoms with E-state index in [0.717, 1.165) is 49.1 Å². The maximum atomic E-state index is 11.9. The van der Waals surface area contributed by atoms with Crippen molar-refractivity contribution in [3.05, 3.63) is 59.4 Å². The number of fused-ring (bicyclic) bond motifs is 1. The predicted octanol–water partition coefficient (Wildman–Crippen LogP) is 4.23. The zero-order valence-corrected chi connectivity index (χ0v) is 16.5. The van der Waals surface area contributed by atoms with E-state index in [1.54, 1.807) is 0 Å². The van der Waals surface area contributed by atoms with Crippen LogP contribution in [0.1, 0.15) is 25.1 Å². The van der Waals surface area contributed by atoms with Crippen LogP contribution in [0.4, 0.5) is 0 Å². The number of aromatic nitrogens is 2. The number of hydrogen-bond donors (Lipinski definition) is 1. The summed E-state index contributed by atoms with van der Waals surface area (Å²) in [4.78, 5) is 16.6. The molecule has 6 heteroatoms. The number of hydrogen-bond acceptors (Lipinski definition) is 3. The highest BCUT2D eigenvalue weighted by atomic mass is 35.5. The lowest BCUT2D eigenvalue weighted by atomic mass is 10.3. The number of imidazole rings is 1. The fourth-order valence-electron chi connectivity index (χ4n) is 3.32. The van der Waals surface area contributed by atoms with E-state index in [1.807, 2.05) is 42.5 Å². The van der Waals surface area contributed by atoms with E-state index in [4.69, 9.17) is 21.3 Å². The molecule has 0 spiro atoms. The third-order valence-corrected chi connectivity index (χ3v) is 5.26. The van der Waals surface area contributed by atoms with Crippen LogP contribution in [0.25, 0.3) is 11.0 Å². The first-order valence-electron chi connectivity index (χ1n) is 9.81. The van der Waals surface area contributed by atoms with Gasteiger partial charge in [-0.1, -0.05) is 35.9 Å². The van der Waals surface area contributed by atoms with E-state index >= 15 is 0 Å². The van der Waals surface area contributed by atoms with Crippen molar-refractivity contribution in [3.63, 3.8) is 0 Å². The molecule has 0 unspecified atom stereocenters. The molecular weight excluding hydrogens is 374 g/mol. The normalized spacial score (nSPS) is 13.6. The molecule has 1 heterocycles. The molecule has 0 radical (unpaired) electrons. The molecule has 3 aromatic rings. The predicted molar refractivity (Wildman–Crippen MR) is 111 cm³/mol.